The van der Waals surface area contributed by atoms with Crippen LogP contribution >= 0.6 is 23.2 Å². The van der Waals surface area contributed by atoms with E-state index in [2.05, 4.69) is 16.9 Å². The Labute approximate surface area is 171 Å². The molecule has 2 aromatic carbocycles. The van der Waals surface area contributed by atoms with Crippen molar-refractivity contribution in [2.45, 2.75) is 13.0 Å². The molecule has 0 bridgehead atoms. The highest BCUT2D eigenvalue weighted by Crippen LogP contribution is 2.34. The van der Waals surface area contributed by atoms with Crippen LogP contribution in [0.15, 0.2) is 49.1 Å². The van der Waals surface area contributed by atoms with Crippen LogP contribution in [-0.4, -0.2) is 28.2 Å². The molecule has 2 heterocycles. The molecule has 4 rings (SSSR count). The first-order valence-corrected chi connectivity index (χ1v) is 9.53. The molecule has 0 saturated carbocycles. The van der Waals surface area contributed by atoms with E-state index in [1.54, 1.807) is 35.2 Å². The van der Waals surface area contributed by atoms with E-state index in [9.17, 15) is 9.59 Å². The van der Waals surface area contributed by atoms with Gasteiger partial charge in [0.1, 0.15) is 0 Å². The van der Waals surface area contributed by atoms with Gasteiger partial charge in [-0.25, -0.2) is 0 Å². The van der Waals surface area contributed by atoms with E-state index in [0.717, 1.165) is 22.2 Å². The lowest BCUT2D eigenvalue weighted by atomic mass is 10.0. The maximum absolute atomic E-state index is 13.0. The molecule has 7 heteroatoms. The second-order valence-corrected chi connectivity index (χ2v) is 7.49. The summed E-state index contributed by atoms with van der Waals surface area (Å²) in [6, 6.07) is 10.5. The molecule has 0 spiro atoms. The molecule has 0 atom stereocenters. The third-order valence-electron chi connectivity index (χ3n) is 4.85. The van der Waals surface area contributed by atoms with E-state index < -0.39 is 0 Å². The van der Waals surface area contributed by atoms with E-state index in [-0.39, 0.29) is 11.8 Å². The normalized spacial score (nSPS) is 13.3. The second kappa shape index (κ2) is 7.34. The molecular formula is C21H17Cl2N3O2. The number of amides is 2. The van der Waals surface area contributed by atoms with Crippen molar-refractivity contribution in [2.24, 2.45) is 0 Å². The van der Waals surface area contributed by atoms with Crippen LogP contribution in [0.4, 0.5) is 5.69 Å². The Morgan fingerprint density at radius 1 is 1.21 bits per heavy atom. The fourth-order valence-corrected chi connectivity index (χ4v) is 4.06. The maximum Gasteiger partial charge on any atom is 0.254 e. The van der Waals surface area contributed by atoms with Crippen molar-refractivity contribution >= 4 is 51.6 Å². The topological polar surface area (TPSA) is 65.2 Å². The number of benzene rings is 2. The van der Waals surface area contributed by atoms with Crippen LogP contribution in [0.3, 0.4) is 0 Å². The lowest BCUT2D eigenvalue weighted by Crippen LogP contribution is -2.35. The van der Waals surface area contributed by atoms with Crippen LogP contribution in [0.25, 0.3) is 10.9 Å². The molecule has 28 heavy (non-hydrogen) atoms. The predicted octanol–water partition coefficient (Wildman–Crippen LogP) is 4.80. The Balaban J connectivity index is 1.62. The first kappa shape index (κ1) is 18.6. The Bertz CT molecular complexity index is 1120. The van der Waals surface area contributed by atoms with Gasteiger partial charge >= 0.3 is 0 Å². The van der Waals surface area contributed by atoms with E-state index in [0.29, 0.717) is 40.8 Å². The summed E-state index contributed by atoms with van der Waals surface area (Å²) >= 11 is 12.5. The van der Waals surface area contributed by atoms with Gasteiger partial charge in [-0.15, -0.1) is 0 Å². The smallest absolute Gasteiger partial charge is 0.254 e. The van der Waals surface area contributed by atoms with E-state index in [1.807, 2.05) is 6.07 Å². The molecular weight excluding hydrogens is 397 g/mol. The van der Waals surface area contributed by atoms with Crippen molar-refractivity contribution in [3.05, 3.63) is 75.9 Å². The fourth-order valence-electron chi connectivity index (χ4n) is 3.52. The molecule has 1 aliphatic rings. The monoisotopic (exact) mass is 413 g/mol. The van der Waals surface area contributed by atoms with Gasteiger partial charge in [0.15, 0.2) is 0 Å². The zero-order valence-corrected chi connectivity index (χ0v) is 16.4. The van der Waals surface area contributed by atoms with Crippen LogP contribution in [0.2, 0.25) is 10.0 Å². The highest BCUT2D eigenvalue weighted by atomic mass is 35.5. The minimum atomic E-state index is -0.320. The predicted molar refractivity (Wildman–Crippen MR) is 112 cm³/mol. The number of aromatic nitrogens is 1. The number of carbonyl (C=O) groups is 2. The van der Waals surface area contributed by atoms with Crippen LogP contribution in [0.1, 0.15) is 21.6 Å². The number of anilines is 1. The molecule has 0 radical (unpaired) electrons. The summed E-state index contributed by atoms with van der Waals surface area (Å²) in [6.07, 6.45) is 1.89. The Morgan fingerprint density at radius 2 is 2.04 bits per heavy atom. The third-order valence-corrected chi connectivity index (χ3v) is 5.37. The number of nitrogens with one attached hydrogen (secondary N) is 2. The number of halogens is 2. The summed E-state index contributed by atoms with van der Waals surface area (Å²) < 4.78 is 0. The van der Waals surface area contributed by atoms with E-state index in [4.69, 9.17) is 23.2 Å². The number of rotatable bonds is 3. The number of carbonyl (C=O) groups excluding carboxylic acids is 2. The molecule has 2 amide bonds. The maximum atomic E-state index is 13.0. The quantitative estimate of drug-likeness (QED) is 0.605. The van der Waals surface area contributed by atoms with Crippen molar-refractivity contribution in [3.63, 3.8) is 0 Å². The first-order valence-electron chi connectivity index (χ1n) is 8.77. The van der Waals surface area contributed by atoms with Gasteiger partial charge in [0.2, 0.25) is 5.91 Å². The van der Waals surface area contributed by atoms with Crippen molar-refractivity contribution in [3.8, 4) is 0 Å². The molecule has 1 aliphatic heterocycles. The number of fused-ring (bicyclic) bond motifs is 3. The number of nitrogens with zero attached hydrogens (tertiary/aromatic N) is 1. The molecule has 0 saturated heterocycles. The van der Waals surface area contributed by atoms with Crippen LogP contribution in [0, 0.1) is 0 Å². The molecule has 142 valence electrons. The SMILES string of the molecule is C=CC(=O)Nc1cccc(C(=O)N2CCc3[nH]c4c(Cl)cc(Cl)cc4c3C2)c1. The Kier molecular flexibility index (Phi) is 4.87. The zero-order chi connectivity index (χ0) is 19.8. The first-order chi connectivity index (χ1) is 13.5. The lowest BCUT2D eigenvalue weighted by molar-refractivity contribution is -0.111. The molecule has 1 aromatic heterocycles. The Hall–Kier alpha value is -2.76. The van der Waals surface area contributed by atoms with Gasteiger partial charge in [-0.05, 0) is 36.4 Å². The second-order valence-electron chi connectivity index (χ2n) is 6.64. The summed E-state index contributed by atoms with van der Waals surface area (Å²) in [5.74, 6) is -0.414. The van der Waals surface area contributed by atoms with E-state index >= 15 is 0 Å². The van der Waals surface area contributed by atoms with Crippen molar-refractivity contribution < 1.29 is 9.59 Å². The van der Waals surface area contributed by atoms with Crippen LogP contribution in [-0.2, 0) is 17.8 Å². The molecule has 0 unspecified atom stereocenters. The highest BCUT2D eigenvalue weighted by molar-refractivity contribution is 6.38. The standard InChI is InChI=1S/C21H17Cl2N3O2/c1-2-19(27)24-14-5-3-4-12(8-14)21(28)26-7-6-18-16(11-26)15-9-13(22)10-17(23)20(15)25-18/h2-5,8-10,25H,1,6-7,11H2,(H,24,27). The molecule has 0 fully saturated rings. The fraction of sp³-hybridized carbons (Fsp3) is 0.143. The van der Waals surface area contributed by atoms with Gasteiger partial charge in [0.05, 0.1) is 10.5 Å². The lowest BCUT2D eigenvalue weighted by Gasteiger charge is -2.27. The summed E-state index contributed by atoms with van der Waals surface area (Å²) in [5.41, 5.74) is 4.03. The summed E-state index contributed by atoms with van der Waals surface area (Å²) in [6.45, 7) is 4.49. The van der Waals surface area contributed by atoms with Crippen molar-refractivity contribution in [1.29, 1.82) is 0 Å². The number of aromatic amines is 1. The number of H-pyrrole nitrogens is 1. The van der Waals surface area contributed by atoms with Gasteiger partial charge in [0, 0.05) is 52.4 Å². The van der Waals surface area contributed by atoms with Gasteiger partial charge in [-0.3, -0.25) is 9.59 Å². The van der Waals surface area contributed by atoms with Crippen LogP contribution < -0.4 is 5.32 Å². The average Bonchev–Trinajstić information content (AvgIpc) is 3.06. The minimum absolute atomic E-state index is 0.0946. The third kappa shape index (κ3) is 3.39. The van der Waals surface area contributed by atoms with Crippen molar-refractivity contribution in [1.82, 2.24) is 9.88 Å². The van der Waals surface area contributed by atoms with Gasteiger partial charge in [0.25, 0.3) is 5.91 Å². The van der Waals surface area contributed by atoms with Crippen LogP contribution in [0.5, 0.6) is 0 Å². The number of hydrogen-bond acceptors (Lipinski definition) is 2. The largest absolute Gasteiger partial charge is 0.357 e. The molecule has 0 aliphatic carbocycles. The summed E-state index contributed by atoms with van der Waals surface area (Å²) in [5, 5.41) is 4.75. The average molecular weight is 414 g/mol. The molecule has 3 aromatic rings. The molecule has 5 nitrogen and oxygen atoms in total. The van der Waals surface area contributed by atoms with Gasteiger partial charge in [-0.1, -0.05) is 35.8 Å². The van der Waals surface area contributed by atoms with E-state index in [1.165, 1.54) is 6.08 Å². The minimum Gasteiger partial charge on any atom is -0.357 e. The summed E-state index contributed by atoms with van der Waals surface area (Å²) in [4.78, 5) is 29.7. The molecule has 2 N–H and O–H groups in total. The highest BCUT2D eigenvalue weighted by Gasteiger charge is 2.25. The Morgan fingerprint density at radius 3 is 2.82 bits per heavy atom. The number of hydrogen-bond donors (Lipinski definition) is 2. The van der Waals surface area contributed by atoms with Gasteiger partial charge < -0.3 is 15.2 Å². The summed E-state index contributed by atoms with van der Waals surface area (Å²) in [7, 11) is 0. The van der Waals surface area contributed by atoms with Gasteiger partial charge in [-0.2, -0.15) is 0 Å². The van der Waals surface area contributed by atoms with Crippen molar-refractivity contribution in [2.75, 3.05) is 11.9 Å². The zero-order valence-electron chi connectivity index (χ0n) is 14.9.